The molecule has 4 saturated carbocycles. The fourth-order valence-electron chi connectivity index (χ4n) is 24.4. The zero-order valence-electron chi connectivity index (χ0n) is 84.0. The van der Waals surface area contributed by atoms with Gasteiger partial charge in [0.15, 0.2) is 22.8 Å². The Kier molecular flexibility index (Phi) is 23.5. The van der Waals surface area contributed by atoms with Crippen molar-refractivity contribution in [3.63, 3.8) is 0 Å². The van der Waals surface area contributed by atoms with Crippen LogP contribution in [-0.4, -0.2) is 14.1 Å². The molecule has 0 radical (unpaired) electrons. The molecule has 0 unspecified atom stereocenters. The van der Waals surface area contributed by atoms with Crippen molar-refractivity contribution in [1.29, 1.82) is 0 Å². The van der Waals surface area contributed by atoms with Crippen LogP contribution >= 0.6 is 11.3 Å². The van der Waals surface area contributed by atoms with E-state index >= 15 is 0 Å². The third kappa shape index (κ3) is 16.8. The summed E-state index contributed by atoms with van der Waals surface area (Å²) in [5, 5.41) is 15.6. The first kappa shape index (κ1) is 90.5. The smallest absolute Gasteiger partial charge is 0.220 e. The van der Waals surface area contributed by atoms with Gasteiger partial charge < -0.3 is 4.42 Å². The SMILES string of the molecule is Cc1cc2c(cc1-c1c3ccc(C4CCC(C)(C)CC4)cc3cc(C)[n+]1C)C(C)(C)c1ccccc1-2.Cc1cc2c(cc1-c1c3ccc(C4CCC(C)(C)CC4)cc3cc(C)[n+]1C)[N+](C)(C)c1ccccc1-2.Cc1cc2ccoc2cc1-c1c2ccc(C3CCC(C)(C)CC3)cc2cc(C)[n+]1C.Cc1cc2ccsc2cc1-c1c2ccc(C3CCC(C)(C)CC3)cc2cc(C)[n+]1C. The zero-order valence-corrected chi connectivity index (χ0v) is 84.8. The summed E-state index contributed by atoms with van der Waals surface area (Å²) < 4.78 is 17.4. The van der Waals surface area contributed by atoms with Crippen LogP contribution in [0.15, 0.2) is 222 Å². The van der Waals surface area contributed by atoms with Crippen molar-refractivity contribution in [2.45, 2.75) is 256 Å². The maximum atomic E-state index is 5.72. The summed E-state index contributed by atoms with van der Waals surface area (Å²) in [5.74, 6) is 2.80. The fraction of sp³-hybridized carbons (Fsp3) is 0.392. The minimum Gasteiger partial charge on any atom is -0.464 e. The Bertz CT molecular complexity index is 6820. The number of para-hydroxylation sites is 1. The second-order valence-corrected chi connectivity index (χ2v) is 46.7. The molecular weight excluding hydrogens is 1620 g/mol. The third-order valence-corrected chi connectivity index (χ3v) is 34.6. The highest BCUT2D eigenvalue weighted by molar-refractivity contribution is 7.17. The highest BCUT2D eigenvalue weighted by Gasteiger charge is 2.42. The molecule has 7 heterocycles. The summed E-state index contributed by atoms with van der Waals surface area (Å²) in [4.78, 5) is 0. The van der Waals surface area contributed by atoms with E-state index < -0.39 is 0 Å². The van der Waals surface area contributed by atoms with Crippen molar-refractivity contribution in [2.75, 3.05) is 14.1 Å². The van der Waals surface area contributed by atoms with Gasteiger partial charge in [-0.25, -0.2) is 0 Å². The lowest BCUT2D eigenvalue weighted by Gasteiger charge is -2.34. The Balaban J connectivity index is 0.000000114. The topological polar surface area (TPSA) is 28.7 Å². The Hall–Kier alpha value is -10.7. The van der Waals surface area contributed by atoms with Gasteiger partial charge in [0.2, 0.25) is 22.8 Å². The second kappa shape index (κ2) is 34.3. The van der Waals surface area contributed by atoms with Gasteiger partial charge in [-0.05, 0) is 354 Å². The highest BCUT2D eigenvalue weighted by Crippen LogP contribution is 2.56. The van der Waals surface area contributed by atoms with Crippen molar-refractivity contribution in [3.05, 3.63) is 296 Å². The van der Waals surface area contributed by atoms with Gasteiger partial charge in [0.05, 0.1) is 64.2 Å². The number of hydrogen-bond acceptors (Lipinski definition) is 2. The van der Waals surface area contributed by atoms with E-state index in [0.717, 1.165) is 10.1 Å². The van der Waals surface area contributed by atoms with Gasteiger partial charge >= 0.3 is 0 Å². The summed E-state index contributed by atoms with van der Waals surface area (Å²) >= 11 is 1.83. The maximum Gasteiger partial charge on any atom is 0.220 e. The van der Waals surface area contributed by atoms with Crippen LogP contribution in [0, 0.1) is 77.0 Å². The maximum absolute atomic E-state index is 5.72. The van der Waals surface area contributed by atoms with Gasteiger partial charge in [0, 0.05) is 90.7 Å². The Morgan fingerprint density at radius 1 is 0.295 bits per heavy atom. The van der Waals surface area contributed by atoms with Gasteiger partial charge in [-0.1, -0.05) is 160 Å². The molecule has 7 heteroatoms. The molecule has 1 aliphatic heterocycles. The van der Waals surface area contributed by atoms with E-state index in [1.165, 1.54) is 318 Å². The molecule has 132 heavy (non-hydrogen) atoms. The van der Waals surface area contributed by atoms with E-state index in [1.807, 2.05) is 17.4 Å². The molecule has 10 aromatic carbocycles. The first-order valence-corrected chi connectivity index (χ1v) is 50.7. The average molecular weight is 1760 g/mol. The highest BCUT2D eigenvalue weighted by atomic mass is 32.1. The second-order valence-electron chi connectivity index (χ2n) is 45.7. The number of pyridine rings is 4. The van der Waals surface area contributed by atoms with Crippen molar-refractivity contribution in [2.24, 2.45) is 49.9 Å². The molecule has 676 valence electrons. The minimum atomic E-state index is 0.00844. The van der Waals surface area contributed by atoms with Gasteiger partial charge in [-0.15, -0.1) is 11.3 Å². The molecule has 4 fully saturated rings. The minimum absolute atomic E-state index is 0.00844. The van der Waals surface area contributed by atoms with Crippen LogP contribution in [0.1, 0.15) is 274 Å². The largest absolute Gasteiger partial charge is 0.464 e. The molecule has 22 rings (SSSR count). The van der Waals surface area contributed by atoms with Crippen LogP contribution < -0.4 is 22.8 Å². The Morgan fingerprint density at radius 3 is 1.06 bits per heavy atom. The summed E-state index contributed by atoms with van der Waals surface area (Å²) in [6.07, 6.45) is 22.9. The molecule has 0 N–H and O–H groups in total. The average Bonchev–Trinajstić information content (AvgIpc) is 1.60. The normalized spacial score (nSPS) is 17.8. The molecule has 16 aromatic rings. The molecule has 0 atom stereocenters. The van der Waals surface area contributed by atoms with E-state index in [4.69, 9.17) is 4.42 Å². The van der Waals surface area contributed by atoms with Crippen LogP contribution in [0.25, 0.3) is 131 Å². The molecule has 0 spiro atoms. The van der Waals surface area contributed by atoms with Crippen LogP contribution in [-0.2, 0) is 33.6 Å². The van der Waals surface area contributed by atoms with Gasteiger partial charge in [-0.2, -0.15) is 18.3 Å². The fourth-order valence-corrected chi connectivity index (χ4v) is 25.3. The number of aromatic nitrogens is 4. The quantitative estimate of drug-likeness (QED) is 0.110. The third-order valence-electron chi connectivity index (χ3n) is 33.8. The summed E-state index contributed by atoms with van der Waals surface area (Å²) in [7, 11) is 13.5. The molecular formula is C125H144N5OS+5. The van der Waals surface area contributed by atoms with Crippen LogP contribution in [0.4, 0.5) is 11.4 Å². The van der Waals surface area contributed by atoms with Gasteiger partial charge in [0.1, 0.15) is 45.1 Å². The summed E-state index contributed by atoms with van der Waals surface area (Å²) in [6.45, 7) is 42.1. The Labute approximate surface area is 792 Å². The summed E-state index contributed by atoms with van der Waals surface area (Å²) in [5.41, 5.74) is 41.4. The molecule has 6 nitrogen and oxygen atoms in total. The van der Waals surface area contributed by atoms with Crippen molar-refractivity contribution in [1.82, 2.24) is 4.48 Å². The number of hydrogen-bond donors (Lipinski definition) is 0. The lowest BCUT2D eigenvalue weighted by molar-refractivity contribution is -0.665. The predicted octanol–water partition coefficient (Wildman–Crippen LogP) is 32.7. The molecule has 0 amide bonds. The van der Waals surface area contributed by atoms with Gasteiger partial charge in [-0.3, -0.25) is 4.48 Å². The molecule has 6 aromatic heterocycles. The number of rotatable bonds is 8. The number of benzene rings is 10. The number of aryl methyl sites for hydroxylation is 8. The predicted molar refractivity (Wildman–Crippen MR) is 562 cm³/mol. The zero-order chi connectivity index (χ0) is 92.9. The molecule has 0 saturated heterocycles. The Morgan fingerprint density at radius 2 is 0.644 bits per heavy atom. The number of nitrogens with zero attached hydrogens (tertiary/aromatic N) is 5. The van der Waals surface area contributed by atoms with Crippen molar-refractivity contribution in [3.8, 4) is 67.3 Å². The number of fused-ring (bicyclic) bond motifs is 12. The first-order chi connectivity index (χ1) is 62.8. The van der Waals surface area contributed by atoms with E-state index in [2.05, 4.69) is 391 Å². The molecule has 5 aliphatic carbocycles. The van der Waals surface area contributed by atoms with Crippen molar-refractivity contribution < 1.29 is 22.7 Å². The lowest BCUT2D eigenvalue weighted by atomic mass is 9.71. The monoisotopic (exact) mass is 1760 g/mol. The van der Waals surface area contributed by atoms with Crippen LogP contribution in [0.2, 0.25) is 0 Å². The lowest BCUT2D eigenvalue weighted by Crippen LogP contribution is -2.35. The van der Waals surface area contributed by atoms with Crippen molar-refractivity contribution >= 4 is 86.9 Å². The van der Waals surface area contributed by atoms with Crippen LogP contribution in [0.5, 0.6) is 0 Å². The molecule has 6 aliphatic rings. The van der Waals surface area contributed by atoms with E-state index in [9.17, 15) is 0 Å². The number of furan rings is 1. The van der Waals surface area contributed by atoms with E-state index in [1.54, 1.807) is 6.26 Å². The van der Waals surface area contributed by atoms with E-state index in [0.29, 0.717) is 45.3 Å². The summed E-state index contributed by atoms with van der Waals surface area (Å²) in [6, 6.07) is 79.7. The number of thiophene rings is 1. The first-order valence-electron chi connectivity index (χ1n) is 49.8. The standard InChI is InChI=1S/C35H40N.C34H40N2.C28H32NO.C28H32NS/c1-22-18-30-28-10-8-9-11-31(28)35(5,6)32(30)21-29(22)33-27-13-12-25(20-26(27)19-23(2)36(33)7)24-14-16-34(3,4)17-15-24;1-22-18-30-28-10-8-9-11-31(28)36(6,7)32(30)21-29(22)33-27-13-12-25(20-26(27)19-23(2)35(33)5)24-14-16-34(3,4)17-15-24;2*1-18-14-22-10-13-30-26(22)17-25(18)27-24-7-6-21(16-23(24)15-19(2)29(27)5)20-8-11-28(3,4)12-9-20/h2*8-13,18-21,24H,14-17H2,1-7H3;2*6-7,10,13-17,20H,8-9,11-12H2,1-5H3/q+1;+2;2*+1. The molecule has 0 bridgehead atoms. The van der Waals surface area contributed by atoms with Gasteiger partial charge in [0.25, 0.3) is 0 Å². The van der Waals surface area contributed by atoms with E-state index in [-0.39, 0.29) is 5.41 Å². The van der Waals surface area contributed by atoms with Crippen LogP contribution in [0.3, 0.4) is 0 Å². The number of quaternary nitrogens is 1.